The van der Waals surface area contributed by atoms with Crippen molar-refractivity contribution in [1.82, 2.24) is 4.72 Å². The van der Waals surface area contributed by atoms with Crippen LogP contribution in [0.1, 0.15) is 19.3 Å². The second-order valence-corrected chi connectivity index (χ2v) is 8.44. The summed E-state index contributed by atoms with van der Waals surface area (Å²) in [4.78, 5) is 0.310. The summed E-state index contributed by atoms with van der Waals surface area (Å²) < 4.78 is 29.0. The molecule has 3 N–H and O–H groups in total. The fourth-order valence-corrected chi connectivity index (χ4v) is 4.86. The monoisotopic (exact) mass is 382 g/mol. The van der Waals surface area contributed by atoms with Crippen LogP contribution >= 0.6 is 15.9 Å². The van der Waals surface area contributed by atoms with E-state index in [0.29, 0.717) is 11.4 Å². The minimum absolute atomic E-state index is 0.0457. The van der Waals surface area contributed by atoms with Gasteiger partial charge < -0.3 is 5.73 Å². The van der Waals surface area contributed by atoms with Crippen molar-refractivity contribution < 1.29 is 8.42 Å². The Morgan fingerprint density at radius 2 is 1.86 bits per heavy atom. The third kappa shape index (κ3) is 3.20. The zero-order chi connectivity index (χ0) is 15.7. The number of sulfonamides is 1. The van der Waals surface area contributed by atoms with Crippen LogP contribution in [0.15, 0.2) is 45.8 Å². The number of halogens is 1. The smallest absolute Gasteiger partial charge is 0.240 e. The average molecular weight is 383 g/mol. The Hall–Kier alpha value is -0.950. The molecule has 2 aromatic carbocycles. The van der Waals surface area contributed by atoms with Gasteiger partial charge in [-0.05, 0) is 60.3 Å². The third-order valence-corrected chi connectivity index (χ3v) is 6.33. The van der Waals surface area contributed by atoms with Crippen molar-refractivity contribution in [3.63, 3.8) is 0 Å². The summed E-state index contributed by atoms with van der Waals surface area (Å²) in [5.41, 5.74) is 5.73. The lowest BCUT2D eigenvalue weighted by Gasteiger charge is -2.19. The molecular formula is C16H19BrN2O2S. The molecule has 1 fully saturated rings. The van der Waals surface area contributed by atoms with Gasteiger partial charge >= 0.3 is 0 Å². The van der Waals surface area contributed by atoms with Crippen molar-refractivity contribution in [3.8, 4) is 0 Å². The van der Waals surface area contributed by atoms with Crippen LogP contribution in [0.5, 0.6) is 0 Å². The van der Waals surface area contributed by atoms with E-state index in [9.17, 15) is 8.42 Å². The van der Waals surface area contributed by atoms with Gasteiger partial charge in [0.1, 0.15) is 0 Å². The number of benzene rings is 2. The normalized spacial score (nSPS) is 22.3. The Balaban J connectivity index is 1.90. The van der Waals surface area contributed by atoms with E-state index in [-0.39, 0.29) is 12.0 Å². The molecule has 1 aliphatic rings. The highest BCUT2D eigenvalue weighted by molar-refractivity contribution is 9.10. The molecule has 1 aliphatic carbocycles. The highest BCUT2D eigenvalue weighted by atomic mass is 79.9. The summed E-state index contributed by atoms with van der Waals surface area (Å²) in [5.74, 6) is 0.242. The van der Waals surface area contributed by atoms with E-state index < -0.39 is 10.0 Å². The number of hydrogen-bond donors (Lipinski definition) is 2. The molecule has 4 nitrogen and oxygen atoms in total. The van der Waals surface area contributed by atoms with Gasteiger partial charge in [0.05, 0.1) is 4.90 Å². The molecular weight excluding hydrogens is 364 g/mol. The third-order valence-electron chi connectivity index (χ3n) is 4.35. The van der Waals surface area contributed by atoms with Gasteiger partial charge in [-0.25, -0.2) is 13.1 Å². The van der Waals surface area contributed by atoms with Gasteiger partial charge in [-0.3, -0.25) is 0 Å². The van der Waals surface area contributed by atoms with Crippen LogP contribution in [-0.2, 0) is 10.0 Å². The molecule has 2 unspecified atom stereocenters. The Morgan fingerprint density at radius 1 is 1.14 bits per heavy atom. The van der Waals surface area contributed by atoms with Crippen molar-refractivity contribution in [3.05, 3.63) is 40.9 Å². The predicted molar refractivity (Wildman–Crippen MR) is 92.2 cm³/mol. The van der Waals surface area contributed by atoms with Crippen molar-refractivity contribution >= 4 is 36.7 Å². The maximum Gasteiger partial charge on any atom is 0.240 e. The Bertz CT molecular complexity index is 792. The summed E-state index contributed by atoms with van der Waals surface area (Å²) in [6.07, 6.45) is 2.89. The summed E-state index contributed by atoms with van der Waals surface area (Å²) in [6.45, 7) is 0.527. The second-order valence-electron chi connectivity index (χ2n) is 5.81. The highest BCUT2D eigenvalue weighted by Gasteiger charge is 2.30. The lowest BCUT2D eigenvalue weighted by atomic mass is 10.1. The van der Waals surface area contributed by atoms with Crippen molar-refractivity contribution in [2.45, 2.75) is 30.2 Å². The molecule has 118 valence electrons. The van der Waals surface area contributed by atoms with E-state index in [1.54, 1.807) is 12.1 Å². The zero-order valence-electron chi connectivity index (χ0n) is 12.1. The first-order valence-corrected chi connectivity index (χ1v) is 9.69. The molecule has 6 heteroatoms. The van der Waals surface area contributed by atoms with E-state index in [1.165, 1.54) is 0 Å². The summed E-state index contributed by atoms with van der Waals surface area (Å²) in [7, 11) is -3.51. The van der Waals surface area contributed by atoms with Crippen LogP contribution < -0.4 is 10.5 Å². The highest BCUT2D eigenvalue weighted by Crippen LogP contribution is 2.27. The molecule has 0 bridgehead atoms. The van der Waals surface area contributed by atoms with Gasteiger partial charge in [0.15, 0.2) is 0 Å². The van der Waals surface area contributed by atoms with Crippen LogP contribution in [0.4, 0.5) is 0 Å². The zero-order valence-corrected chi connectivity index (χ0v) is 14.5. The van der Waals surface area contributed by atoms with Gasteiger partial charge in [0.2, 0.25) is 10.0 Å². The fourth-order valence-electron chi connectivity index (χ4n) is 3.10. The summed E-state index contributed by atoms with van der Waals surface area (Å²) in [5, 5.41) is 1.92. The fraction of sp³-hybridized carbons (Fsp3) is 0.375. The van der Waals surface area contributed by atoms with E-state index in [2.05, 4.69) is 20.7 Å². The molecule has 0 aromatic heterocycles. The van der Waals surface area contributed by atoms with Crippen LogP contribution in [0.2, 0.25) is 0 Å². The topological polar surface area (TPSA) is 72.2 Å². The molecule has 0 amide bonds. The second kappa shape index (κ2) is 6.28. The van der Waals surface area contributed by atoms with Crippen molar-refractivity contribution in [2.75, 3.05) is 6.54 Å². The standard InChI is InChI=1S/C16H19BrN2O2S/c17-14-6-4-12-9-15(7-5-11(12)8-14)22(20,21)19-16-3-1-2-13(16)10-18/h4-9,13,16,19H,1-3,10,18H2. The van der Waals surface area contributed by atoms with Gasteiger partial charge in [0.25, 0.3) is 0 Å². The molecule has 0 heterocycles. The maximum atomic E-state index is 12.6. The lowest BCUT2D eigenvalue weighted by Crippen LogP contribution is -2.39. The average Bonchev–Trinajstić information content (AvgIpc) is 2.93. The largest absolute Gasteiger partial charge is 0.330 e. The Kier molecular flexibility index (Phi) is 4.54. The van der Waals surface area contributed by atoms with Crippen LogP contribution in [0.25, 0.3) is 10.8 Å². The number of nitrogens with one attached hydrogen (secondary N) is 1. The molecule has 0 radical (unpaired) electrons. The number of hydrogen-bond acceptors (Lipinski definition) is 3. The first kappa shape index (κ1) is 15.9. The predicted octanol–water partition coefficient (Wildman–Crippen LogP) is 3.01. The lowest BCUT2D eigenvalue weighted by molar-refractivity contribution is 0.453. The van der Waals surface area contributed by atoms with E-state index in [0.717, 1.165) is 34.5 Å². The minimum atomic E-state index is -3.51. The first-order valence-electron chi connectivity index (χ1n) is 7.41. The van der Waals surface area contributed by atoms with Gasteiger partial charge in [-0.1, -0.05) is 34.5 Å². The molecule has 3 rings (SSSR count). The summed E-state index contributed by atoms with van der Waals surface area (Å²) in [6, 6.07) is 11.0. The molecule has 2 aromatic rings. The number of rotatable bonds is 4. The Labute approximate surface area is 139 Å². The van der Waals surface area contributed by atoms with Gasteiger partial charge in [0, 0.05) is 10.5 Å². The first-order chi connectivity index (χ1) is 10.5. The van der Waals surface area contributed by atoms with Crippen molar-refractivity contribution in [1.29, 1.82) is 0 Å². The SMILES string of the molecule is NCC1CCCC1NS(=O)(=O)c1ccc2cc(Br)ccc2c1. The van der Waals surface area contributed by atoms with Crippen LogP contribution in [-0.4, -0.2) is 21.0 Å². The minimum Gasteiger partial charge on any atom is -0.330 e. The maximum absolute atomic E-state index is 12.6. The Morgan fingerprint density at radius 3 is 2.64 bits per heavy atom. The molecule has 1 saturated carbocycles. The molecule has 22 heavy (non-hydrogen) atoms. The molecule has 2 atom stereocenters. The quantitative estimate of drug-likeness (QED) is 0.853. The van der Waals surface area contributed by atoms with Crippen LogP contribution in [0, 0.1) is 5.92 Å². The van der Waals surface area contributed by atoms with E-state index in [1.807, 2.05) is 24.3 Å². The van der Waals surface area contributed by atoms with Crippen molar-refractivity contribution in [2.24, 2.45) is 11.7 Å². The van der Waals surface area contributed by atoms with E-state index >= 15 is 0 Å². The van der Waals surface area contributed by atoms with Gasteiger partial charge in [-0.15, -0.1) is 0 Å². The number of nitrogens with two attached hydrogens (primary N) is 1. The van der Waals surface area contributed by atoms with E-state index in [4.69, 9.17) is 5.73 Å². The number of fused-ring (bicyclic) bond motifs is 1. The molecule has 0 saturated heterocycles. The summed E-state index contributed by atoms with van der Waals surface area (Å²) >= 11 is 3.42. The van der Waals surface area contributed by atoms with Gasteiger partial charge in [-0.2, -0.15) is 0 Å². The molecule has 0 spiro atoms. The molecule has 0 aliphatic heterocycles. The van der Waals surface area contributed by atoms with Crippen LogP contribution in [0.3, 0.4) is 0 Å².